The monoisotopic (exact) mass is 376 g/mol. The Morgan fingerprint density at radius 1 is 1.08 bits per heavy atom. The molecule has 1 fully saturated rings. The molecular formula is C17H20ClF3N2O2. The van der Waals surface area contributed by atoms with Gasteiger partial charge in [-0.1, -0.05) is 37.3 Å². The minimum absolute atomic E-state index is 0.0227. The molecule has 0 bridgehead atoms. The number of hydrogen-bond acceptors (Lipinski definition) is 2. The summed E-state index contributed by atoms with van der Waals surface area (Å²) in [7, 11) is 0. The molecule has 0 saturated heterocycles. The molecular weight excluding hydrogens is 357 g/mol. The van der Waals surface area contributed by atoms with Crippen LogP contribution in [0.3, 0.4) is 0 Å². The lowest BCUT2D eigenvalue weighted by Crippen LogP contribution is -2.36. The standard InChI is InChI=1S/C17H20ClF3N2O2/c18-13-8-7-11(17(19,20)21)9-14(13)23-16(25)10-15(24)22-12-5-3-1-2-4-6-12/h7-9,12H,1-6,10H2,(H,22,24)(H,23,25). The predicted octanol–water partition coefficient (Wildman–Crippen LogP) is 4.53. The molecule has 2 rings (SSSR count). The van der Waals surface area contributed by atoms with E-state index in [-0.39, 0.29) is 16.8 Å². The second-order valence-corrected chi connectivity index (χ2v) is 6.58. The summed E-state index contributed by atoms with van der Waals surface area (Å²) in [6.45, 7) is 0. The maximum atomic E-state index is 12.7. The molecule has 0 spiro atoms. The largest absolute Gasteiger partial charge is 0.416 e. The zero-order valence-electron chi connectivity index (χ0n) is 13.6. The first-order valence-corrected chi connectivity index (χ1v) is 8.59. The van der Waals surface area contributed by atoms with Gasteiger partial charge in [-0.25, -0.2) is 0 Å². The maximum absolute atomic E-state index is 12.7. The smallest absolute Gasteiger partial charge is 0.353 e. The van der Waals surface area contributed by atoms with E-state index >= 15 is 0 Å². The van der Waals surface area contributed by atoms with E-state index in [2.05, 4.69) is 10.6 Å². The molecule has 1 aromatic carbocycles. The predicted molar refractivity (Wildman–Crippen MR) is 89.3 cm³/mol. The number of amides is 2. The third-order valence-electron chi connectivity index (χ3n) is 4.11. The van der Waals surface area contributed by atoms with Crippen LogP contribution in [-0.4, -0.2) is 17.9 Å². The summed E-state index contributed by atoms with van der Waals surface area (Å²) in [4.78, 5) is 23.9. The highest BCUT2D eigenvalue weighted by molar-refractivity contribution is 6.33. The minimum atomic E-state index is -4.54. The van der Waals surface area contributed by atoms with Crippen LogP contribution in [0.4, 0.5) is 18.9 Å². The fourth-order valence-electron chi connectivity index (χ4n) is 2.84. The van der Waals surface area contributed by atoms with Gasteiger partial charge in [0.25, 0.3) is 0 Å². The number of nitrogens with one attached hydrogen (secondary N) is 2. The van der Waals surface area contributed by atoms with Crippen molar-refractivity contribution in [3.05, 3.63) is 28.8 Å². The number of rotatable bonds is 4. The van der Waals surface area contributed by atoms with Crippen molar-refractivity contribution in [1.82, 2.24) is 5.32 Å². The Balaban J connectivity index is 1.92. The summed E-state index contributed by atoms with van der Waals surface area (Å²) in [6.07, 6.45) is 1.12. The van der Waals surface area contributed by atoms with Crippen LogP contribution < -0.4 is 10.6 Å². The average molecular weight is 377 g/mol. The highest BCUT2D eigenvalue weighted by atomic mass is 35.5. The lowest BCUT2D eigenvalue weighted by molar-refractivity contribution is -0.137. The molecule has 1 saturated carbocycles. The first kappa shape index (κ1) is 19.6. The topological polar surface area (TPSA) is 58.2 Å². The van der Waals surface area contributed by atoms with E-state index in [0.29, 0.717) is 0 Å². The molecule has 0 heterocycles. The first-order valence-electron chi connectivity index (χ1n) is 8.21. The molecule has 0 aliphatic heterocycles. The molecule has 0 radical (unpaired) electrons. The fraction of sp³-hybridized carbons (Fsp3) is 0.529. The van der Waals surface area contributed by atoms with Crippen molar-refractivity contribution in [1.29, 1.82) is 0 Å². The lowest BCUT2D eigenvalue weighted by atomic mass is 10.1. The van der Waals surface area contributed by atoms with Crippen LogP contribution >= 0.6 is 11.6 Å². The van der Waals surface area contributed by atoms with Gasteiger partial charge in [0.2, 0.25) is 11.8 Å². The van der Waals surface area contributed by atoms with Crippen molar-refractivity contribution in [2.75, 3.05) is 5.32 Å². The van der Waals surface area contributed by atoms with Crippen LogP contribution in [0.5, 0.6) is 0 Å². The summed E-state index contributed by atoms with van der Waals surface area (Å²) in [5, 5.41) is 5.06. The fourth-order valence-corrected chi connectivity index (χ4v) is 3.00. The van der Waals surface area contributed by atoms with Crippen LogP contribution in [0.1, 0.15) is 50.5 Å². The number of halogens is 4. The zero-order chi connectivity index (χ0) is 18.4. The van der Waals surface area contributed by atoms with E-state index < -0.39 is 30.0 Å². The van der Waals surface area contributed by atoms with Crippen LogP contribution in [0.2, 0.25) is 5.02 Å². The molecule has 0 atom stereocenters. The zero-order valence-corrected chi connectivity index (χ0v) is 14.3. The van der Waals surface area contributed by atoms with E-state index in [4.69, 9.17) is 11.6 Å². The quantitative estimate of drug-likeness (QED) is 0.599. The normalized spacial score (nSPS) is 16.2. The second-order valence-electron chi connectivity index (χ2n) is 6.17. The van der Waals surface area contributed by atoms with E-state index in [1.165, 1.54) is 0 Å². The number of carbonyl (C=O) groups excluding carboxylic acids is 2. The Hall–Kier alpha value is -1.76. The van der Waals surface area contributed by atoms with E-state index in [1.807, 2.05) is 0 Å². The molecule has 4 nitrogen and oxygen atoms in total. The number of hydrogen-bond donors (Lipinski definition) is 2. The average Bonchev–Trinajstić information content (AvgIpc) is 2.76. The van der Waals surface area contributed by atoms with E-state index in [0.717, 1.165) is 56.7 Å². The van der Waals surface area contributed by atoms with Gasteiger partial charge in [0.1, 0.15) is 6.42 Å². The molecule has 0 aromatic heterocycles. The van der Waals surface area contributed by atoms with Crippen LogP contribution in [-0.2, 0) is 15.8 Å². The van der Waals surface area contributed by atoms with Gasteiger partial charge in [-0.2, -0.15) is 13.2 Å². The van der Waals surface area contributed by atoms with Gasteiger partial charge in [0, 0.05) is 6.04 Å². The molecule has 2 amide bonds. The Morgan fingerprint density at radius 2 is 1.72 bits per heavy atom. The SMILES string of the molecule is O=C(CC(=O)NC1CCCCCC1)Nc1cc(C(F)(F)F)ccc1Cl. The third-order valence-corrected chi connectivity index (χ3v) is 4.44. The number of benzene rings is 1. The van der Waals surface area contributed by atoms with E-state index in [1.54, 1.807) is 0 Å². The number of alkyl halides is 3. The summed E-state index contributed by atoms with van der Waals surface area (Å²) in [6, 6.07) is 2.70. The highest BCUT2D eigenvalue weighted by Crippen LogP contribution is 2.33. The molecule has 1 aliphatic rings. The molecule has 0 unspecified atom stereocenters. The van der Waals surface area contributed by atoms with Crippen molar-refractivity contribution < 1.29 is 22.8 Å². The maximum Gasteiger partial charge on any atom is 0.416 e. The van der Waals surface area contributed by atoms with Gasteiger partial charge in [-0.05, 0) is 31.0 Å². The van der Waals surface area contributed by atoms with Crippen LogP contribution in [0.25, 0.3) is 0 Å². The Kier molecular flexibility index (Phi) is 6.70. The molecule has 25 heavy (non-hydrogen) atoms. The summed E-state index contributed by atoms with van der Waals surface area (Å²) >= 11 is 5.82. The Labute approximate surface area is 149 Å². The van der Waals surface area contributed by atoms with Crippen LogP contribution in [0.15, 0.2) is 18.2 Å². The van der Waals surface area contributed by atoms with E-state index in [9.17, 15) is 22.8 Å². The van der Waals surface area contributed by atoms with Gasteiger partial charge < -0.3 is 10.6 Å². The van der Waals surface area contributed by atoms with Gasteiger partial charge in [0.05, 0.1) is 16.3 Å². The Morgan fingerprint density at radius 3 is 2.32 bits per heavy atom. The minimum Gasteiger partial charge on any atom is -0.353 e. The summed E-state index contributed by atoms with van der Waals surface area (Å²) in [5.74, 6) is -1.14. The summed E-state index contributed by atoms with van der Waals surface area (Å²) < 4.78 is 38.2. The molecule has 1 aromatic rings. The third kappa shape index (κ3) is 6.23. The van der Waals surface area contributed by atoms with Crippen molar-refractivity contribution in [2.24, 2.45) is 0 Å². The number of anilines is 1. The molecule has 2 N–H and O–H groups in total. The van der Waals surface area contributed by atoms with Gasteiger partial charge >= 0.3 is 6.18 Å². The van der Waals surface area contributed by atoms with Gasteiger partial charge in [-0.15, -0.1) is 0 Å². The second kappa shape index (κ2) is 8.56. The first-order chi connectivity index (χ1) is 11.8. The van der Waals surface area contributed by atoms with Gasteiger partial charge in [0.15, 0.2) is 0 Å². The Bertz CT molecular complexity index is 627. The van der Waals surface area contributed by atoms with Crippen molar-refractivity contribution in [3.63, 3.8) is 0 Å². The molecule has 8 heteroatoms. The van der Waals surface area contributed by atoms with Crippen molar-refractivity contribution >= 4 is 29.1 Å². The lowest BCUT2D eigenvalue weighted by Gasteiger charge is -2.16. The van der Waals surface area contributed by atoms with Crippen molar-refractivity contribution in [2.45, 2.75) is 57.2 Å². The van der Waals surface area contributed by atoms with Crippen LogP contribution in [0, 0.1) is 0 Å². The number of carbonyl (C=O) groups is 2. The molecule has 138 valence electrons. The van der Waals surface area contributed by atoms with Gasteiger partial charge in [-0.3, -0.25) is 9.59 Å². The highest BCUT2D eigenvalue weighted by Gasteiger charge is 2.31. The van der Waals surface area contributed by atoms with Crippen molar-refractivity contribution in [3.8, 4) is 0 Å². The summed E-state index contributed by atoms with van der Waals surface area (Å²) in [5.41, 5.74) is -1.08. The molecule has 1 aliphatic carbocycles.